The normalized spacial score (nSPS) is 17.5. The summed E-state index contributed by atoms with van der Waals surface area (Å²) in [6, 6.07) is 8.90. The minimum atomic E-state index is -0.208. The zero-order chi connectivity index (χ0) is 22.8. The van der Waals surface area contributed by atoms with Crippen LogP contribution in [0.4, 0.5) is 5.69 Å². The van der Waals surface area contributed by atoms with Crippen LogP contribution >= 0.6 is 0 Å². The van der Waals surface area contributed by atoms with Gasteiger partial charge >= 0.3 is 0 Å². The lowest BCUT2D eigenvalue weighted by Crippen LogP contribution is -2.35. The predicted octanol–water partition coefficient (Wildman–Crippen LogP) is 4.33. The van der Waals surface area contributed by atoms with Crippen LogP contribution < -0.4 is 5.32 Å². The van der Waals surface area contributed by atoms with Crippen molar-refractivity contribution < 1.29 is 18.7 Å². The Morgan fingerprint density at radius 2 is 1.94 bits per heavy atom. The predicted molar refractivity (Wildman–Crippen MR) is 125 cm³/mol. The fourth-order valence-electron chi connectivity index (χ4n) is 4.75. The molecule has 1 aliphatic heterocycles. The molecule has 0 bridgehead atoms. The summed E-state index contributed by atoms with van der Waals surface area (Å²) in [6.45, 7) is 5.83. The molecule has 0 spiro atoms. The highest BCUT2D eigenvalue weighted by Gasteiger charge is 2.23. The van der Waals surface area contributed by atoms with Crippen molar-refractivity contribution in [2.45, 2.75) is 39.2 Å². The van der Waals surface area contributed by atoms with Crippen molar-refractivity contribution in [3.05, 3.63) is 59.1 Å². The first kappa shape index (κ1) is 21.8. The molecular formula is C26H29N3O4. The van der Waals surface area contributed by atoms with E-state index in [1.165, 1.54) is 0 Å². The van der Waals surface area contributed by atoms with E-state index in [2.05, 4.69) is 15.2 Å². The van der Waals surface area contributed by atoms with Gasteiger partial charge in [-0.2, -0.15) is 0 Å². The van der Waals surface area contributed by atoms with E-state index in [-0.39, 0.29) is 23.4 Å². The molecule has 1 aliphatic carbocycles. The number of aryl methyl sites for hydroxylation is 1. The number of rotatable bonds is 6. The van der Waals surface area contributed by atoms with E-state index in [1.807, 2.05) is 25.3 Å². The molecule has 2 aromatic heterocycles. The third-order valence-electron chi connectivity index (χ3n) is 6.66. The number of ketones is 1. The lowest BCUT2D eigenvalue weighted by atomic mass is 10.1. The van der Waals surface area contributed by atoms with Gasteiger partial charge in [-0.05, 0) is 43.5 Å². The number of carbonyl (C=O) groups excluding carboxylic acids is 2. The molecule has 1 saturated carbocycles. The summed E-state index contributed by atoms with van der Waals surface area (Å²) in [5.74, 6) is 0.180. The maximum atomic E-state index is 13.3. The second kappa shape index (κ2) is 9.45. The summed E-state index contributed by atoms with van der Waals surface area (Å²) in [7, 11) is 0. The van der Waals surface area contributed by atoms with Crippen molar-refractivity contribution in [1.82, 2.24) is 9.88 Å². The minimum Gasteiger partial charge on any atom is -0.451 e. The Morgan fingerprint density at radius 3 is 2.73 bits per heavy atom. The van der Waals surface area contributed by atoms with Crippen LogP contribution in [-0.2, 0) is 16.1 Å². The van der Waals surface area contributed by atoms with Crippen LogP contribution in [-0.4, -0.2) is 47.9 Å². The van der Waals surface area contributed by atoms with Crippen molar-refractivity contribution >= 4 is 28.3 Å². The van der Waals surface area contributed by atoms with Gasteiger partial charge in [-0.15, -0.1) is 0 Å². The van der Waals surface area contributed by atoms with Crippen LogP contribution in [0.3, 0.4) is 0 Å². The third kappa shape index (κ3) is 4.70. The fourth-order valence-corrected chi connectivity index (χ4v) is 4.75. The van der Waals surface area contributed by atoms with Gasteiger partial charge in [0.25, 0.3) is 0 Å². The van der Waals surface area contributed by atoms with Gasteiger partial charge in [0.2, 0.25) is 11.7 Å². The number of pyridine rings is 1. The molecule has 1 N–H and O–H groups in total. The molecule has 3 heterocycles. The standard InChI is InChI=1S/C26H29N3O4/c1-17-25-22(20(15-27-17)16-29-9-11-32-12-10-29)14-23(33-25)24(30)19-7-4-8-21(13-19)28-26(31)18-5-2-3-6-18/h4,7-8,13-15,18H,2-3,5-6,9-12,16H2,1H3,(H,28,31). The largest absolute Gasteiger partial charge is 0.451 e. The summed E-state index contributed by atoms with van der Waals surface area (Å²) >= 11 is 0. The topological polar surface area (TPSA) is 84.7 Å². The van der Waals surface area contributed by atoms with E-state index in [0.717, 1.165) is 75.2 Å². The summed E-state index contributed by atoms with van der Waals surface area (Å²) < 4.78 is 11.4. The Hall–Kier alpha value is -3.03. The van der Waals surface area contributed by atoms with Crippen molar-refractivity contribution in [2.75, 3.05) is 31.6 Å². The van der Waals surface area contributed by atoms with Crippen LogP contribution in [0.5, 0.6) is 0 Å². The van der Waals surface area contributed by atoms with Gasteiger partial charge in [0.05, 0.1) is 18.9 Å². The van der Waals surface area contributed by atoms with Gasteiger partial charge in [0.1, 0.15) is 0 Å². The second-order valence-electron chi connectivity index (χ2n) is 8.99. The van der Waals surface area contributed by atoms with Gasteiger partial charge < -0.3 is 14.5 Å². The molecule has 7 nitrogen and oxygen atoms in total. The molecule has 5 rings (SSSR count). The summed E-state index contributed by atoms with van der Waals surface area (Å²) in [6.07, 6.45) is 5.94. The molecule has 0 unspecified atom stereocenters. The molecule has 0 atom stereocenters. The zero-order valence-electron chi connectivity index (χ0n) is 18.9. The lowest BCUT2D eigenvalue weighted by Gasteiger charge is -2.26. The number of carbonyl (C=O) groups is 2. The number of ether oxygens (including phenoxy) is 1. The number of fused-ring (bicyclic) bond motifs is 1. The van der Waals surface area contributed by atoms with Crippen molar-refractivity contribution in [2.24, 2.45) is 5.92 Å². The Morgan fingerprint density at radius 1 is 1.15 bits per heavy atom. The zero-order valence-corrected chi connectivity index (χ0v) is 18.9. The second-order valence-corrected chi connectivity index (χ2v) is 8.99. The number of morpholine rings is 1. The first-order chi connectivity index (χ1) is 16.1. The van der Waals surface area contributed by atoms with Gasteiger partial charge in [0, 0.05) is 48.4 Å². The number of amides is 1. The van der Waals surface area contributed by atoms with Crippen molar-refractivity contribution in [3.8, 4) is 0 Å². The van der Waals surface area contributed by atoms with Gasteiger partial charge in [-0.3, -0.25) is 19.5 Å². The Kier molecular flexibility index (Phi) is 6.24. The smallest absolute Gasteiger partial charge is 0.228 e. The van der Waals surface area contributed by atoms with E-state index in [0.29, 0.717) is 16.8 Å². The molecule has 33 heavy (non-hydrogen) atoms. The van der Waals surface area contributed by atoms with Gasteiger partial charge in [0.15, 0.2) is 11.3 Å². The molecule has 2 aliphatic rings. The highest BCUT2D eigenvalue weighted by Crippen LogP contribution is 2.29. The maximum Gasteiger partial charge on any atom is 0.228 e. The molecule has 172 valence electrons. The van der Waals surface area contributed by atoms with Gasteiger partial charge in [-0.1, -0.05) is 25.0 Å². The van der Waals surface area contributed by atoms with E-state index >= 15 is 0 Å². The van der Waals surface area contributed by atoms with Crippen LogP contribution in [0.1, 0.15) is 53.1 Å². The number of furan rings is 1. The van der Waals surface area contributed by atoms with Crippen molar-refractivity contribution in [3.63, 3.8) is 0 Å². The number of hydrogen-bond donors (Lipinski definition) is 1. The van der Waals surface area contributed by atoms with Crippen LogP contribution in [0.25, 0.3) is 11.0 Å². The SMILES string of the molecule is Cc1ncc(CN2CCOCC2)c2cc(C(=O)c3cccc(NC(=O)C4CCCC4)c3)oc12. The first-order valence-electron chi connectivity index (χ1n) is 11.7. The average Bonchev–Trinajstić information content (AvgIpc) is 3.53. The van der Waals surface area contributed by atoms with Crippen LogP contribution in [0.15, 0.2) is 40.9 Å². The number of benzene rings is 1. The van der Waals surface area contributed by atoms with E-state index in [4.69, 9.17) is 9.15 Å². The number of anilines is 1. The third-order valence-corrected chi connectivity index (χ3v) is 6.66. The molecule has 1 amide bonds. The molecule has 7 heteroatoms. The van der Waals surface area contributed by atoms with E-state index in [9.17, 15) is 9.59 Å². The van der Waals surface area contributed by atoms with Crippen LogP contribution in [0, 0.1) is 12.8 Å². The number of hydrogen-bond acceptors (Lipinski definition) is 6. The molecule has 2 fully saturated rings. The Labute approximate surface area is 193 Å². The number of nitrogens with zero attached hydrogens (tertiary/aromatic N) is 2. The maximum absolute atomic E-state index is 13.3. The summed E-state index contributed by atoms with van der Waals surface area (Å²) in [4.78, 5) is 32.6. The number of aromatic nitrogens is 1. The fraction of sp³-hybridized carbons (Fsp3) is 0.423. The Balaban J connectivity index is 1.38. The molecular weight excluding hydrogens is 418 g/mol. The molecule has 1 saturated heterocycles. The Bertz CT molecular complexity index is 1170. The van der Waals surface area contributed by atoms with Crippen LogP contribution in [0.2, 0.25) is 0 Å². The van der Waals surface area contributed by atoms with E-state index in [1.54, 1.807) is 18.2 Å². The average molecular weight is 448 g/mol. The van der Waals surface area contributed by atoms with Crippen molar-refractivity contribution in [1.29, 1.82) is 0 Å². The van der Waals surface area contributed by atoms with E-state index < -0.39 is 0 Å². The highest BCUT2D eigenvalue weighted by molar-refractivity contribution is 6.10. The highest BCUT2D eigenvalue weighted by atomic mass is 16.5. The molecule has 0 radical (unpaired) electrons. The summed E-state index contributed by atoms with van der Waals surface area (Å²) in [5.41, 5.74) is 3.57. The lowest BCUT2D eigenvalue weighted by molar-refractivity contribution is -0.119. The summed E-state index contributed by atoms with van der Waals surface area (Å²) in [5, 5.41) is 3.89. The minimum absolute atomic E-state index is 0.0373. The monoisotopic (exact) mass is 447 g/mol. The quantitative estimate of drug-likeness (QED) is 0.566. The first-order valence-corrected chi connectivity index (χ1v) is 11.7. The molecule has 3 aromatic rings. The van der Waals surface area contributed by atoms with Gasteiger partial charge in [-0.25, -0.2) is 0 Å². The molecule has 1 aromatic carbocycles. The number of nitrogens with one attached hydrogen (secondary N) is 1.